The van der Waals surface area contributed by atoms with Gasteiger partial charge in [-0.2, -0.15) is 0 Å². The summed E-state index contributed by atoms with van der Waals surface area (Å²) in [6, 6.07) is 4.77. The van der Waals surface area contributed by atoms with Crippen LogP contribution >= 0.6 is 0 Å². The van der Waals surface area contributed by atoms with E-state index in [-0.39, 0.29) is 11.9 Å². The molecule has 2 rings (SSSR count). The van der Waals surface area contributed by atoms with Gasteiger partial charge in [-0.25, -0.2) is 0 Å². The Morgan fingerprint density at radius 2 is 1.90 bits per heavy atom. The van der Waals surface area contributed by atoms with Crippen LogP contribution in [0.3, 0.4) is 0 Å². The number of aryl methyl sites for hydroxylation is 3. The number of rotatable bonds is 4. The van der Waals surface area contributed by atoms with E-state index in [1.807, 2.05) is 0 Å². The smallest absolute Gasteiger partial charge is 0.167 e. The van der Waals surface area contributed by atoms with Crippen molar-refractivity contribution in [2.24, 2.45) is 0 Å². The van der Waals surface area contributed by atoms with Crippen LogP contribution < -0.4 is 0 Å². The van der Waals surface area contributed by atoms with Crippen molar-refractivity contribution in [2.75, 3.05) is 19.7 Å². The zero-order valence-electron chi connectivity index (χ0n) is 13.9. The number of carbonyl (C=O) groups is 1. The lowest BCUT2D eigenvalue weighted by Crippen LogP contribution is -2.49. The predicted octanol–water partition coefficient (Wildman–Crippen LogP) is 2.83. The quantitative estimate of drug-likeness (QED) is 0.853. The van der Waals surface area contributed by atoms with Gasteiger partial charge in [0.15, 0.2) is 5.78 Å². The molecule has 0 spiro atoms. The third kappa shape index (κ3) is 3.92. The van der Waals surface area contributed by atoms with Crippen LogP contribution in [0.2, 0.25) is 0 Å². The number of benzene rings is 1. The molecular formula is C18H27NO2. The van der Waals surface area contributed by atoms with E-state index in [9.17, 15) is 4.79 Å². The molecule has 1 aliphatic rings. The van der Waals surface area contributed by atoms with E-state index in [0.717, 1.165) is 18.7 Å². The van der Waals surface area contributed by atoms with E-state index in [4.69, 9.17) is 4.74 Å². The lowest BCUT2D eigenvalue weighted by molar-refractivity contribution is -0.136. The van der Waals surface area contributed by atoms with E-state index in [1.54, 1.807) is 0 Å². The number of Topliss-reactive ketones (excluding diaryl/α,β-unsaturated/α-hetero) is 1. The average Bonchev–Trinajstić information content (AvgIpc) is 2.42. The van der Waals surface area contributed by atoms with Crippen LogP contribution in [-0.2, 0) is 16.0 Å². The molecule has 3 heteroatoms. The van der Waals surface area contributed by atoms with Crippen LogP contribution in [0.25, 0.3) is 0 Å². The fourth-order valence-corrected chi connectivity index (χ4v) is 3.11. The van der Waals surface area contributed by atoms with Crippen molar-refractivity contribution in [3.8, 4) is 0 Å². The highest BCUT2D eigenvalue weighted by Crippen LogP contribution is 2.19. The van der Waals surface area contributed by atoms with Crippen molar-refractivity contribution in [3.05, 3.63) is 34.4 Å². The predicted molar refractivity (Wildman–Crippen MR) is 85.8 cm³/mol. The van der Waals surface area contributed by atoms with Crippen molar-refractivity contribution in [3.63, 3.8) is 0 Å². The van der Waals surface area contributed by atoms with Crippen LogP contribution in [0, 0.1) is 20.8 Å². The third-order valence-electron chi connectivity index (χ3n) is 4.38. The summed E-state index contributed by atoms with van der Waals surface area (Å²) in [7, 11) is 0. The van der Waals surface area contributed by atoms with Gasteiger partial charge in [0.1, 0.15) is 6.10 Å². The summed E-state index contributed by atoms with van der Waals surface area (Å²) in [5, 5.41) is 0. The largest absolute Gasteiger partial charge is 0.368 e. The van der Waals surface area contributed by atoms with E-state index in [0.29, 0.717) is 19.1 Å². The first-order chi connectivity index (χ1) is 9.88. The fraction of sp³-hybridized carbons (Fsp3) is 0.611. The number of ether oxygens (including phenoxy) is 1. The number of ketones is 1. The monoisotopic (exact) mass is 289 g/mol. The van der Waals surface area contributed by atoms with Gasteiger partial charge in [0, 0.05) is 25.6 Å². The summed E-state index contributed by atoms with van der Waals surface area (Å²) >= 11 is 0. The molecule has 1 fully saturated rings. The van der Waals surface area contributed by atoms with Crippen LogP contribution in [-0.4, -0.2) is 42.5 Å². The SMILES string of the molecule is Cc1cc(C)c(CC(=O)C2CN(C(C)C)CCO2)c(C)c1. The minimum atomic E-state index is -0.277. The first-order valence-corrected chi connectivity index (χ1v) is 7.83. The molecule has 0 radical (unpaired) electrons. The first kappa shape index (κ1) is 16.2. The van der Waals surface area contributed by atoms with Crippen LogP contribution in [0.4, 0.5) is 0 Å². The summed E-state index contributed by atoms with van der Waals surface area (Å²) in [5.74, 6) is 0.204. The summed E-state index contributed by atoms with van der Waals surface area (Å²) < 4.78 is 5.70. The van der Waals surface area contributed by atoms with Crippen molar-refractivity contribution in [1.82, 2.24) is 4.90 Å². The molecule has 1 aromatic carbocycles. The van der Waals surface area contributed by atoms with E-state index in [2.05, 4.69) is 51.7 Å². The van der Waals surface area contributed by atoms with Gasteiger partial charge in [0.05, 0.1) is 6.61 Å². The second-order valence-corrected chi connectivity index (χ2v) is 6.47. The highest BCUT2D eigenvalue weighted by molar-refractivity contribution is 5.86. The zero-order chi connectivity index (χ0) is 15.6. The van der Waals surface area contributed by atoms with Gasteiger partial charge in [0.25, 0.3) is 0 Å². The van der Waals surface area contributed by atoms with Gasteiger partial charge in [-0.3, -0.25) is 9.69 Å². The van der Waals surface area contributed by atoms with Gasteiger partial charge < -0.3 is 4.74 Å². The second kappa shape index (κ2) is 6.71. The van der Waals surface area contributed by atoms with E-state index >= 15 is 0 Å². The van der Waals surface area contributed by atoms with E-state index in [1.165, 1.54) is 16.7 Å². The zero-order valence-corrected chi connectivity index (χ0v) is 13.9. The standard InChI is InChI=1S/C18H27NO2/c1-12(2)19-6-7-21-18(11-19)17(20)10-16-14(4)8-13(3)9-15(16)5/h8-9,12,18H,6-7,10-11H2,1-5H3. The number of nitrogens with zero attached hydrogens (tertiary/aromatic N) is 1. The van der Waals surface area contributed by atoms with Gasteiger partial charge in [-0.15, -0.1) is 0 Å². The molecule has 1 aromatic rings. The molecule has 0 bridgehead atoms. The summed E-state index contributed by atoms with van der Waals surface area (Å²) in [6.45, 7) is 12.9. The molecule has 1 heterocycles. The number of hydrogen-bond donors (Lipinski definition) is 0. The van der Waals surface area contributed by atoms with Crippen molar-refractivity contribution in [2.45, 2.75) is 53.2 Å². The maximum absolute atomic E-state index is 12.6. The lowest BCUT2D eigenvalue weighted by Gasteiger charge is -2.34. The Kier molecular flexibility index (Phi) is 5.17. The number of morpholine rings is 1. The highest BCUT2D eigenvalue weighted by Gasteiger charge is 2.28. The molecule has 1 atom stereocenters. The molecule has 3 nitrogen and oxygen atoms in total. The summed E-state index contributed by atoms with van der Waals surface area (Å²) in [6.07, 6.45) is 0.204. The van der Waals surface area contributed by atoms with Gasteiger partial charge >= 0.3 is 0 Å². The maximum Gasteiger partial charge on any atom is 0.167 e. The van der Waals surface area contributed by atoms with Crippen molar-refractivity contribution < 1.29 is 9.53 Å². The maximum atomic E-state index is 12.6. The Morgan fingerprint density at radius 3 is 2.48 bits per heavy atom. The molecule has 116 valence electrons. The van der Waals surface area contributed by atoms with E-state index < -0.39 is 0 Å². The Balaban J connectivity index is 2.08. The first-order valence-electron chi connectivity index (χ1n) is 7.83. The number of carbonyl (C=O) groups excluding carboxylic acids is 1. The third-order valence-corrected chi connectivity index (χ3v) is 4.38. The van der Waals surface area contributed by atoms with Gasteiger partial charge in [-0.1, -0.05) is 17.7 Å². The Labute approximate surface area is 128 Å². The van der Waals surface area contributed by atoms with Crippen LogP contribution in [0.1, 0.15) is 36.1 Å². The minimum absolute atomic E-state index is 0.204. The molecule has 1 unspecified atom stereocenters. The Morgan fingerprint density at radius 1 is 1.29 bits per heavy atom. The van der Waals surface area contributed by atoms with Crippen LogP contribution in [0.15, 0.2) is 12.1 Å². The molecule has 0 amide bonds. The molecule has 21 heavy (non-hydrogen) atoms. The summed E-state index contributed by atoms with van der Waals surface area (Å²) in [5.41, 5.74) is 4.83. The molecule has 0 N–H and O–H groups in total. The second-order valence-electron chi connectivity index (χ2n) is 6.47. The Bertz CT molecular complexity index is 499. The van der Waals surface area contributed by atoms with Crippen LogP contribution in [0.5, 0.6) is 0 Å². The molecular weight excluding hydrogens is 262 g/mol. The highest BCUT2D eigenvalue weighted by atomic mass is 16.5. The molecule has 0 aromatic heterocycles. The van der Waals surface area contributed by atoms with Crippen molar-refractivity contribution >= 4 is 5.78 Å². The summed E-state index contributed by atoms with van der Waals surface area (Å²) in [4.78, 5) is 14.9. The average molecular weight is 289 g/mol. The van der Waals surface area contributed by atoms with Crippen molar-refractivity contribution in [1.29, 1.82) is 0 Å². The fourth-order valence-electron chi connectivity index (χ4n) is 3.11. The van der Waals surface area contributed by atoms with Gasteiger partial charge in [-0.05, 0) is 51.3 Å². The molecule has 1 saturated heterocycles. The van der Waals surface area contributed by atoms with Gasteiger partial charge in [0.2, 0.25) is 0 Å². The normalized spacial score (nSPS) is 20.0. The minimum Gasteiger partial charge on any atom is -0.368 e. The molecule has 0 saturated carbocycles. The molecule has 0 aliphatic carbocycles. The Hall–Kier alpha value is -1.19. The number of hydrogen-bond acceptors (Lipinski definition) is 3. The topological polar surface area (TPSA) is 29.5 Å². The molecule has 1 aliphatic heterocycles. The lowest BCUT2D eigenvalue weighted by atomic mass is 9.94.